The quantitative estimate of drug-likeness (QED) is 0.254. The predicted octanol–water partition coefficient (Wildman–Crippen LogP) is 6.69. The van der Waals surface area contributed by atoms with E-state index in [1.54, 1.807) is 11.3 Å². The monoisotopic (exact) mass is 589 g/mol. The first-order valence-corrected chi connectivity index (χ1v) is 12.4. The van der Waals surface area contributed by atoms with Crippen molar-refractivity contribution >= 4 is 82.3 Å². The normalized spacial score (nSPS) is 10.7. The average molecular weight is 591 g/mol. The molecule has 162 valence electrons. The Labute approximate surface area is 211 Å². The summed E-state index contributed by atoms with van der Waals surface area (Å²) in [7, 11) is 0. The number of nitrogens with one attached hydrogen (secondary N) is 2. The lowest BCUT2D eigenvalue weighted by Crippen LogP contribution is -2.37. The number of carbonyl (C=O) groups is 1. The third-order valence-electron chi connectivity index (χ3n) is 4.52. The van der Waals surface area contributed by atoms with E-state index >= 15 is 0 Å². The second-order valence-corrected chi connectivity index (χ2v) is 10.1. The minimum Gasteiger partial charge on any atom is -0.483 e. The van der Waals surface area contributed by atoms with Crippen molar-refractivity contribution in [3.05, 3.63) is 75.2 Å². The number of halogens is 2. The van der Waals surface area contributed by atoms with Crippen LogP contribution < -0.4 is 15.4 Å². The molecule has 4 aromatic rings. The van der Waals surface area contributed by atoms with Gasteiger partial charge in [0, 0.05) is 14.5 Å². The number of amides is 1. The lowest BCUT2D eigenvalue weighted by molar-refractivity contribution is -0.121. The van der Waals surface area contributed by atoms with Gasteiger partial charge in [0.2, 0.25) is 0 Å². The fourth-order valence-electron chi connectivity index (χ4n) is 3.03. The molecular formula is C23H17Br2N3O2S2. The molecule has 9 heteroatoms. The van der Waals surface area contributed by atoms with Crippen LogP contribution >= 0.6 is 55.4 Å². The molecule has 0 unspecified atom stereocenters. The summed E-state index contributed by atoms with van der Waals surface area (Å²) in [5.74, 6) is 0.316. The molecule has 1 aromatic heterocycles. The molecule has 0 fully saturated rings. The first kappa shape index (κ1) is 22.8. The topological polar surface area (TPSA) is 63.2 Å². The molecule has 0 spiro atoms. The SMILES string of the molecule is Cc1ccccc1OCC(=O)NC(=S)Nc1c(Br)cc(Br)cc1-c1nc2ccccc2s1. The number of anilines is 1. The number of aromatic nitrogens is 1. The maximum Gasteiger partial charge on any atom is 0.264 e. The summed E-state index contributed by atoms with van der Waals surface area (Å²) in [6.45, 7) is 1.78. The van der Waals surface area contributed by atoms with Gasteiger partial charge in [-0.25, -0.2) is 4.98 Å². The Bertz CT molecular complexity index is 1290. The van der Waals surface area contributed by atoms with Crippen LogP contribution in [-0.4, -0.2) is 22.6 Å². The van der Waals surface area contributed by atoms with Crippen LogP contribution in [0.5, 0.6) is 5.75 Å². The van der Waals surface area contributed by atoms with Gasteiger partial charge in [0.1, 0.15) is 10.8 Å². The van der Waals surface area contributed by atoms with Gasteiger partial charge in [-0.05, 0) is 71.0 Å². The molecule has 0 saturated heterocycles. The molecule has 0 bridgehead atoms. The standard InChI is InChI=1S/C23H17Br2N3O2S2/c1-13-6-2-4-8-18(13)30-12-20(29)27-23(31)28-21-15(10-14(24)11-16(21)25)22-26-17-7-3-5-9-19(17)32-22/h2-11H,12H2,1H3,(H2,27,28,29,31). The highest BCUT2D eigenvalue weighted by molar-refractivity contribution is 9.11. The molecule has 0 aliphatic carbocycles. The Morgan fingerprint density at radius 3 is 2.66 bits per heavy atom. The number of thiazole rings is 1. The van der Waals surface area contributed by atoms with Crippen molar-refractivity contribution in [2.24, 2.45) is 0 Å². The third kappa shape index (κ3) is 5.35. The molecule has 1 amide bonds. The zero-order chi connectivity index (χ0) is 22.7. The highest BCUT2D eigenvalue weighted by Gasteiger charge is 2.17. The van der Waals surface area contributed by atoms with Crippen LogP contribution in [0.25, 0.3) is 20.8 Å². The largest absolute Gasteiger partial charge is 0.483 e. The third-order valence-corrected chi connectivity index (χ3v) is 6.88. The van der Waals surface area contributed by atoms with Crippen molar-refractivity contribution in [2.45, 2.75) is 6.92 Å². The summed E-state index contributed by atoms with van der Waals surface area (Å²) in [5, 5.41) is 6.82. The molecule has 2 N–H and O–H groups in total. The number of para-hydroxylation sites is 2. The maximum absolute atomic E-state index is 12.3. The van der Waals surface area contributed by atoms with Crippen molar-refractivity contribution in [1.29, 1.82) is 0 Å². The molecule has 0 radical (unpaired) electrons. The van der Waals surface area contributed by atoms with E-state index in [4.69, 9.17) is 21.9 Å². The second-order valence-electron chi connectivity index (χ2n) is 6.85. The van der Waals surface area contributed by atoms with Crippen molar-refractivity contribution in [2.75, 3.05) is 11.9 Å². The van der Waals surface area contributed by atoms with Crippen molar-refractivity contribution in [1.82, 2.24) is 10.3 Å². The average Bonchev–Trinajstić information content (AvgIpc) is 3.19. The number of carbonyl (C=O) groups excluding carboxylic acids is 1. The van der Waals surface area contributed by atoms with Gasteiger partial charge in [-0.3, -0.25) is 10.1 Å². The minimum absolute atomic E-state index is 0.140. The first-order valence-electron chi connectivity index (χ1n) is 9.55. The lowest BCUT2D eigenvalue weighted by atomic mass is 10.2. The van der Waals surface area contributed by atoms with Gasteiger partial charge in [0.25, 0.3) is 5.91 Å². The molecule has 4 rings (SSSR count). The summed E-state index contributed by atoms with van der Waals surface area (Å²) in [6, 6.07) is 19.4. The number of thiocarbonyl (C=S) groups is 1. The summed E-state index contributed by atoms with van der Waals surface area (Å²) in [5.41, 5.74) is 3.47. The van der Waals surface area contributed by atoms with E-state index in [2.05, 4.69) is 42.5 Å². The van der Waals surface area contributed by atoms with Crippen LogP contribution in [0.1, 0.15) is 5.56 Å². The highest BCUT2D eigenvalue weighted by atomic mass is 79.9. The van der Waals surface area contributed by atoms with Crippen molar-refractivity contribution in [3.63, 3.8) is 0 Å². The predicted molar refractivity (Wildman–Crippen MR) is 141 cm³/mol. The molecule has 0 atom stereocenters. The Hall–Kier alpha value is -2.33. The molecule has 32 heavy (non-hydrogen) atoms. The smallest absolute Gasteiger partial charge is 0.264 e. The summed E-state index contributed by atoms with van der Waals surface area (Å²) >= 11 is 14.1. The number of nitrogens with zero attached hydrogens (tertiary/aromatic N) is 1. The van der Waals surface area contributed by atoms with Gasteiger partial charge in [-0.15, -0.1) is 11.3 Å². The molecule has 0 saturated carbocycles. The Morgan fingerprint density at radius 2 is 1.88 bits per heavy atom. The van der Waals surface area contributed by atoms with E-state index in [9.17, 15) is 4.79 Å². The number of ether oxygens (including phenoxy) is 1. The molecular weight excluding hydrogens is 574 g/mol. The Morgan fingerprint density at radius 1 is 1.12 bits per heavy atom. The second kappa shape index (κ2) is 10.1. The highest BCUT2D eigenvalue weighted by Crippen LogP contribution is 2.40. The lowest BCUT2D eigenvalue weighted by Gasteiger charge is -2.15. The Balaban J connectivity index is 1.50. The van der Waals surface area contributed by atoms with Crippen LogP contribution in [0.4, 0.5) is 5.69 Å². The number of fused-ring (bicyclic) bond motifs is 1. The van der Waals surface area contributed by atoms with Gasteiger partial charge in [-0.1, -0.05) is 46.3 Å². The molecule has 3 aromatic carbocycles. The van der Waals surface area contributed by atoms with Gasteiger partial charge in [0.05, 0.1) is 15.9 Å². The summed E-state index contributed by atoms with van der Waals surface area (Å²) in [4.78, 5) is 17.1. The van der Waals surface area contributed by atoms with Crippen LogP contribution in [-0.2, 0) is 4.79 Å². The van der Waals surface area contributed by atoms with E-state index in [0.717, 1.165) is 41.0 Å². The fourth-order valence-corrected chi connectivity index (χ4v) is 5.55. The van der Waals surface area contributed by atoms with Crippen LogP contribution in [0.3, 0.4) is 0 Å². The number of hydrogen-bond donors (Lipinski definition) is 2. The number of rotatable bonds is 5. The van der Waals surface area contributed by atoms with Gasteiger partial charge >= 0.3 is 0 Å². The zero-order valence-electron chi connectivity index (χ0n) is 16.8. The number of benzene rings is 3. The van der Waals surface area contributed by atoms with Crippen LogP contribution in [0.2, 0.25) is 0 Å². The van der Waals surface area contributed by atoms with Crippen molar-refractivity contribution < 1.29 is 9.53 Å². The van der Waals surface area contributed by atoms with Crippen molar-refractivity contribution in [3.8, 4) is 16.3 Å². The van der Waals surface area contributed by atoms with E-state index in [1.165, 1.54) is 0 Å². The Kier molecular flexibility index (Phi) is 7.20. The first-order chi connectivity index (χ1) is 15.4. The van der Waals surface area contributed by atoms with E-state index in [1.807, 2.05) is 67.6 Å². The van der Waals surface area contributed by atoms with Gasteiger partial charge in [-0.2, -0.15) is 0 Å². The van der Waals surface area contributed by atoms with E-state index < -0.39 is 0 Å². The summed E-state index contributed by atoms with van der Waals surface area (Å²) in [6.07, 6.45) is 0. The molecule has 5 nitrogen and oxygen atoms in total. The van der Waals surface area contributed by atoms with E-state index in [-0.39, 0.29) is 17.6 Å². The number of hydrogen-bond acceptors (Lipinski definition) is 5. The molecule has 1 heterocycles. The molecule has 0 aliphatic rings. The van der Waals surface area contributed by atoms with Crippen LogP contribution in [0.15, 0.2) is 69.6 Å². The van der Waals surface area contributed by atoms with Crippen LogP contribution in [0, 0.1) is 6.92 Å². The van der Waals surface area contributed by atoms with E-state index in [0.29, 0.717) is 5.75 Å². The fraction of sp³-hybridized carbons (Fsp3) is 0.0870. The number of aryl methyl sites for hydroxylation is 1. The zero-order valence-corrected chi connectivity index (χ0v) is 21.6. The molecule has 0 aliphatic heterocycles. The van der Waals surface area contributed by atoms with Gasteiger partial charge in [0.15, 0.2) is 11.7 Å². The minimum atomic E-state index is -0.347. The van der Waals surface area contributed by atoms with Gasteiger partial charge < -0.3 is 10.1 Å². The maximum atomic E-state index is 12.3. The summed E-state index contributed by atoms with van der Waals surface area (Å²) < 4.78 is 8.36.